The predicted octanol–water partition coefficient (Wildman–Crippen LogP) is 5.26. The third-order valence-corrected chi connectivity index (χ3v) is 3.72. The zero-order valence-corrected chi connectivity index (χ0v) is 12.3. The van der Waals surface area contributed by atoms with Crippen LogP contribution >= 0.6 is 34.8 Å². The molecule has 1 aliphatic rings. The highest BCUT2D eigenvalue weighted by Crippen LogP contribution is 2.40. The summed E-state index contributed by atoms with van der Waals surface area (Å²) >= 11 is 18.0. The summed E-state index contributed by atoms with van der Waals surface area (Å²) in [6.07, 6.45) is 1.59. The lowest BCUT2D eigenvalue weighted by Gasteiger charge is -2.01. The maximum Gasteiger partial charge on any atom is 0.232 e. The third-order valence-electron chi connectivity index (χ3n) is 2.88. The Morgan fingerprint density at radius 3 is 2.50 bits per heavy atom. The van der Waals surface area contributed by atoms with Gasteiger partial charge in [-0.05, 0) is 29.8 Å². The van der Waals surface area contributed by atoms with Gasteiger partial charge in [-0.3, -0.25) is 4.79 Å². The number of hydrogen-bond donors (Lipinski definition) is 0. The van der Waals surface area contributed by atoms with Gasteiger partial charge in [0.1, 0.15) is 0 Å². The molecule has 0 atom stereocenters. The summed E-state index contributed by atoms with van der Waals surface area (Å²) < 4.78 is 5.53. The van der Waals surface area contributed by atoms with E-state index in [4.69, 9.17) is 39.5 Å². The molecule has 100 valence electrons. The number of allylic oxidation sites excluding steroid dienone is 1. The number of ether oxygens (including phenoxy) is 1. The zero-order chi connectivity index (χ0) is 14.3. The molecule has 1 aliphatic heterocycles. The Morgan fingerprint density at radius 1 is 1.00 bits per heavy atom. The van der Waals surface area contributed by atoms with Crippen LogP contribution in [0, 0.1) is 0 Å². The van der Waals surface area contributed by atoms with Gasteiger partial charge in [-0.1, -0.05) is 53.0 Å². The van der Waals surface area contributed by atoms with Crippen LogP contribution in [0.1, 0.15) is 15.9 Å². The summed E-state index contributed by atoms with van der Waals surface area (Å²) in [7, 11) is 0. The Morgan fingerprint density at radius 2 is 1.75 bits per heavy atom. The Kier molecular flexibility index (Phi) is 3.47. The van der Waals surface area contributed by atoms with Gasteiger partial charge in [0.25, 0.3) is 0 Å². The maximum atomic E-state index is 12.3. The normalized spacial score (nSPS) is 15.3. The first kappa shape index (κ1) is 13.5. The highest BCUT2D eigenvalue weighted by Gasteiger charge is 2.30. The summed E-state index contributed by atoms with van der Waals surface area (Å²) in [5.74, 6) is 0.251. The van der Waals surface area contributed by atoms with Gasteiger partial charge in [-0.25, -0.2) is 0 Å². The van der Waals surface area contributed by atoms with Gasteiger partial charge in [0.15, 0.2) is 11.5 Å². The van der Waals surface area contributed by atoms with Crippen LogP contribution in [0.5, 0.6) is 5.75 Å². The zero-order valence-electron chi connectivity index (χ0n) is 9.99. The quantitative estimate of drug-likeness (QED) is 0.668. The van der Waals surface area contributed by atoms with Gasteiger partial charge in [-0.2, -0.15) is 0 Å². The molecule has 0 aromatic heterocycles. The van der Waals surface area contributed by atoms with Crippen LogP contribution in [-0.2, 0) is 0 Å². The van der Waals surface area contributed by atoms with E-state index in [9.17, 15) is 4.79 Å². The van der Waals surface area contributed by atoms with Gasteiger partial charge in [0.2, 0.25) is 5.78 Å². The van der Waals surface area contributed by atoms with Crippen LogP contribution in [0.2, 0.25) is 15.1 Å². The standard InChI is InChI=1S/C15H7Cl3O2/c16-9-6-10-14(19)13(20-15(10)12(18)7-9)5-8-3-1-2-4-11(8)17/h1-7H/b13-5+. The molecule has 1 heterocycles. The van der Waals surface area contributed by atoms with Crippen LogP contribution in [0.3, 0.4) is 0 Å². The Bertz CT molecular complexity index is 751. The first-order valence-corrected chi connectivity index (χ1v) is 6.87. The van der Waals surface area contributed by atoms with E-state index in [0.717, 1.165) is 0 Å². The predicted molar refractivity (Wildman–Crippen MR) is 80.8 cm³/mol. The lowest BCUT2D eigenvalue weighted by atomic mass is 10.1. The second-order valence-electron chi connectivity index (χ2n) is 4.23. The molecular formula is C15H7Cl3O2. The van der Waals surface area contributed by atoms with E-state index in [1.807, 2.05) is 12.1 Å². The molecule has 0 bridgehead atoms. The molecule has 0 fully saturated rings. The number of rotatable bonds is 1. The number of benzene rings is 2. The highest BCUT2D eigenvalue weighted by atomic mass is 35.5. The molecule has 0 amide bonds. The van der Waals surface area contributed by atoms with Crippen molar-refractivity contribution >= 4 is 46.7 Å². The van der Waals surface area contributed by atoms with Gasteiger partial charge >= 0.3 is 0 Å². The molecule has 0 saturated heterocycles. The SMILES string of the molecule is O=C1/C(=C\c2ccccc2Cl)Oc2c(Cl)cc(Cl)cc21. The van der Waals surface area contributed by atoms with Crippen LogP contribution in [0.25, 0.3) is 6.08 Å². The van der Waals surface area contributed by atoms with E-state index < -0.39 is 0 Å². The van der Waals surface area contributed by atoms with Gasteiger partial charge in [-0.15, -0.1) is 0 Å². The number of halogens is 3. The van der Waals surface area contributed by atoms with E-state index >= 15 is 0 Å². The number of hydrogen-bond acceptors (Lipinski definition) is 2. The Balaban J connectivity index is 2.07. The fourth-order valence-corrected chi connectivity index (χ4v) is 2.67. The second kappa shape index (κ2) is 5.13. The molecule has 20 heavy (non-hydrogen) atoms. The number of fused-ring (bicyclic) bond motifs is 1. The minimum atomic E-state index is -0.260. The molecule has 0 spiro atoms. The van der Waals surface area contributed by atoms with Crippen molar-refractivity contribution in [2.75, 3.05) is 0 Å². The third kappa shape index (κ3) is 2.31. The van der Waals surface area contributed by atoms with Crippen molar-refractivity contribution in [3.8, 4) is 5.75 Å². The first-order valence-electron chi connectivity index (χ1n) is 5.74. The molecule has 0 saturated carbocycles. The van der Waals surface area contributed by atoms with E-state index in [1.165, 1.54) is 6.07 Å². The fraction of sp³-hybridized carbons (Fsp3) is 0. The molecule has 2 aromatic carbocycles. The fourth-order valence-electron chi connectivity index (χ4n) is 1.95. The molecule has 2 nitrogen and oxygen atoms in total. The van der Waals surface area contributed by atoms with Gasteiger partial charge in [0, 0.05) is 10.0 Å². The maximum absolute atomic E-state index is 12.3. The van der Waals surface area contributed by atoms with Crippen LogP contribution in [0.15, 0.2) is 42.2 Å². The monoisotopic (exact) mass is 324 g/mol. The van der Waals surface area contributed by atoms with Crippen molar-refractivity contribution in [2.45, 2.75) is 0 Å². The molecule has 0 N–H and O–H groups in total. The summed E-state index contributed by atoms with van der Waals surface area (Å²) in [5.41, 5.74) is 1.06. The van der Waals surface area contributed by atoms with Crippen molar-refractivity contribution in [2.24, 2.45) is 0 Å². The van der Waals surface area contributed by atoms with E-state index in [0.29, 0.717) is 31.9 Å². The van der Waals surface area contributed by atoms with Crippen molar-refractivity contribution in [1.29, 1.82) is 0 Å². The highest BCUT2D eigenvalue weighted by molar-refractivity contribution is 6.37. The smallest absolute Gasteiger partial charge is 0.232 e. The minimum Gasteiger partial charge on any atom is -0.451 e. The molecule has 2 aromatic rings. The topological polar surface area (TPSA) is 26.3 Å². The van der Waals surface area contributed by atoms with Crippen molar-refractivity contribution in [3.05, 3.63) is 68.4 Å². The Hall–Kier alpha value is -1.48. The summed E-state index contributed by atoms with van der Waals surface area (Å²) in [6.45, 7) is 0. The Labute approximate surface area is 130 Å². The van der Waals surface area contributed by atoms with Crippen molar-refractivity contribution in [1.82, 2.24) is 0 Å². The average Bonchev–Trinajstić information content (AvgIpc) is 2.71. The second-order valence-corrected chi connectivity index (χ2v) is 5.48. The van der Waals surface area contributed by atoms with Crippen molar-refractivity contribution < 1.29 is 9.53 Å². The van der Waals surface area contributed by atoms with Crippen LogP contribution in [-0.4, -0.2) is 5.78 Å². The molecular weight excluding hydrogens is 319 g/mol. The van der Waals surface area contributed by atoms with E-state index in [-0.39, 0.29) is 11.5 Å². The molecule has 0 unspecified atom stereocenters. The number of Topliss-reactive ketones (excluding diaryl/α,β-unsaturated/α-hetero) is 1. The summed E-state index contributed by atoms with van der Waals surface area (Å²) in [4.78, 5) is 12.3. The van der Waals surface area contributed by atoms with E-state index in [1.54, 1.807) is 24.3 Å². The lowest BCUT2D eigenvalue weighted by Crippen LogP contribution is -1.98. The molecule has 5 heteroatoms. The van der Waals surface area contributed by atoms with Crippen LogP contribution in [0.4, 0.5) is 0 Å². The van der Waals surface area contributed by atoms with Gasteiger partial charge < -0.3 is 4.74 Å². The largest absolute Gasteiger partial charge is 0.451 e. The van der Waals surface area contributed by atoms with Gasteiger partial charge in [0.05, 0.1) is 10.6 Å². The van der Waals surface area contributed by atoms with E-state index in [2.05, 4.69) is 0 Å². The summed E-state index contributed by atoms with van der Waals surface area (Å²) in [6, 6.07) is 10.3. The number of carbonyl (C=O) groups is 1. The number of ketones is 1. The molecule has 0 radical (unpaired) electrons. The lowest BCUT2D eigenvalue weighted by molar-refractivity contribution is 0.101. The first-order chi connectivity index (χ1) is 9.56. The minimum absolute atomic E-state index is 0.178. The average molecular weight is 326 g/mol. The molecule has 0 aliphatic carbocycles. The van der Waals surface area contributed by atoms with Crippen molar-refractivity contribution in [3.63, 3.8) is 0 Å². The van der Waals surface area contributed by atoms with Crippen LogP contribution < -0.4 is 4.74 Å². The summed E-state index contributed by atoms with van der Waals surface area (Å²) in [5, 5.41) is 1.24. The molecule has 3 rings (SSSR count). The number of carbonyl (C=O) groups excluding carboxylic acids is 1.